The lowest BCUT2D eigenvalue weighted by Gasteiger charge is -2.30. The summed E-state index contributed by atoms with van der Waals surface area (Å²) in [6.07, 6.45) is 2.14. The number of halogens is 2. The number of hydrogen-bond acceptors (Lipinski definition) is 2. The summed E-state index contributed by atoms with van der Waals surface area (Å²) < 4.78 is 0.900. The van der Waals surface area contributed by atoms with Crippen molar-refractivity contribution in [2.45, 2.75) is 31.8 Å². The highest BCUT2D eigenvalue weighted by molar-refractivity contribution is 14.1. The zero-order valence-electron chi connectivity index (χ0n) is 10.2. The van der Waals surface area contributed by atoms with Gasteiger partial charge in [-0.05, 0) is 67.1 Å². The molecule has 2 unspecified atom stereocenters. The van der Waals surface area contributed by atoms with Crippen LogP contribution in [0.25, 0.3) is 0 Å². The minimum atomic E-state index is -0.0230. The van der Waals surface area contributed by atoms with E-state index in [0.29, 0.717) is 16.6 Å². The van der Waals surface area contributed by atoms with E-state index >= 15 is 0 Å². The molecule has 1 saturated heterocycles. The molecule has 2 N–H and O–H groups in total. The van der Waals surface area contributed by atoms with Crippen molar-refractivity contribution in [2.24, 2.45) is 0 Å². The van der Waals surface area contributed by atoms with Gasteiger partial charge in [0.15, 0.2) is 0 Å². The molecule has 1 amide bonds. The topological polar surface area (TPSA) is 41.1 Å². The second-order valence-corrected chi connectivity index (χ2v) is 6.16. The summed E-state index contributed by atoms with van der Waals surface area (Å²) in [5, 5.41) is 7.14. The molecule has 0 aliphatic carbocycles. The second kappa shape index (κ2) is 6.21. The number of benzene rings is 1. The maximum Gasteiger partial charge on any atom is 0.251 e. The smallest absolute Gasteiger partial charge is 0.251 e. The second-order valence-electron chi connectivity index (χ2n) is 4.59. The van der Waals surface area contributed by atoms with Crippen LogP contribution in [0.4, 0.5) is 0 Å². The first-order valence-corrected chi connectivity index (χ1v) is 7.53. The third kappa shape index (κ3) is 3.36. The molecule has 0 bridgehead atoms. The molecule has 1 heterocycles. The van der Waals surface area contributed by atoms with Crippen LogP contribution in [0, 0.1) is 3.57 Å². The first kappa shape index (κ1) is 14.1. The van der Waals surface area contributed by atoms with Gasteiger partial charge in [-0.3, -0.25) is 4.79 Å². The molecule has 3 nitrogen and oxygen atoms in total. The largest absolute Gasteiger partial charge is 0.348 e. The summed E-state index contributed by atoms with van der Waals surface area (Å²) in [5.74, 6) is -0.0230. The van der Waals surface area contributed by atoms with Crippen molar-refractivity contribution in [3.05, 3.63) is 32.4 Å². The van der Waals surface area contributed by atoms with Gasteiger partial charge in [-0.25, -0.2) is 0 Å². The summed E-state index contributed by atoms with van der Waals surface area (Å²) >= 11 is 8.09. The van der Waals surface area contributed by atoms with Crippen LogP contribution in [0.1, 0.15) is 30.1 Å². The number of amides is 1. The van der Waals surface area contributed by atoms with Crippen molar-refractivity contribution in [3.63, 3.8) is 0 Å². The third-order valence-corrected chi connectivity index (χ3v) is 4.80. The van der Waals surface area contributed by atoms with Gasteiger partial charge in [0, 0.05) is 21.2 Å². The molecule has 18 heavy (non-hydrogen) atoms. The molecule has 0 saturated carbocycles. The van der Waals surface area contributed by atoms with Gasteiger partial charge in [0.25, 0.3) is 5.91 Å². The van der Waals surface area contributed by atoms with E-state index in [4.69, 9.17) is 11.6 Å². The van der Waals surface area contributed by atoms with E-state index < -0.39 is 0 Å². The van der Waals surface area contributed by atoms with Gasteiger partial charge in [0.1, 0.15) is 0 Å². The van der Waals surface area contributed by atoms with Crippen molar-refractivity contribution >= 4 is 40.1 Å². The van der Waals surface area contributed by atoms with Crippen molar-refractivity contribution in [2.75, 3.05) is 6.54 Å². The molecular weight excluding hydrogens is 363 g/mol. The van der Waals surface area contributed by atoms with Gasteiger partial charge in [-0.15, -0.1) is 0 Å². The van der Waals surface area contributed by atoms with Crippen LogP contribution in [0.15, 0.2) is 18.2 Å². The minimum absolute atomic E-state index is 0.0230. The Labute approximate surface area is 126 Å². The van der Waals surface area contributed by atoms with Crippen LogP contribution >= 0.6 is 34.2 Å². The van der Waals surface area contributed by atoms with Crippen LogP contribution in [-0.2, 0) is 0 Å². The summed E-state index contributed by atoms with van der Waals surface area (Å²) in [4.78, 5) is 12.1. The molecule has 2 atom stereocenters. The maximum atomic E-state index is 12.1. The molecule has 1 aromatic rings. The Morgan fingerprint density at radius 3 is 3.00 bits per heavy atom. The van der Waals surface area contributed by atoms with Gasteiger partial charge in [0.05, 0.1) is 5.02 Å². The van der Waals surface area contributed by atoms with E-state index in [-0.39, 0.29) is 11.9 Å². The van der Waals surface area contributed by atoms with Crippen molar-refractivity contribution < 1.29 is 4.79 Å². The van der Waals surface area contributed by atoms with E-state index in [9.17, 15) is 4.79 Å². The normalized spacial score (nSPS) is 23.7. The number of piperidine rings is 1. The number of nitrogens with one attached hydrogen (secondary N) is 2. The number of rotatable bonds is 2. The molecule has 0 spiro atoms. The highest BCUT2D eigenvalue weighted by Gasteiger charge is 2.22. The molecule has 2 rings (SSSR count). The van der Waals surface area contributed by atoms with E-state index in [1.165, 1.54) is 0 Å². The molecule has 1 aliphatic heterocycles. The fourth-order valence-electron chi connectivity index (χ4n) is 2.13. The summed E-state index contributed by atoms with van der Waals surface area (Å²) in [7, 11) is 0. The fourth-order valence-corrected chi connectivity index (χ4v) is 2.76. The predicted molar refractivity (Wildman–Crippen MR) is 82.1 cm³/mol. The summed E-state index contributed by atoms with van der Waals surface area (Å²) in [6.45, 7) is 3.14. The van der Waals surface area contributed by atoms with E-state index in [1.54, 1.807) is 12.1 Å². The Bertz CT molecular complexity index is 453. The van der Waals surface area contributed by atoms with E-state index in [0.717, 1.165) is 23.0 Å². The summed E-state index contributed by atoms with van der Waals surface area (Å²) in [5.41, 5.74) is 0.668. The molecule has 1 aromatic carbocycles. The first-order chi connectivity index (χ1) is 8.58. The summed E-state index contributed by atoms with van der Waals surface area (Å²) in [6, 6.07) is 5.88. The van der Waals surface area contributed by atoms with Crippen molar-refractivity contribution in [1.82, 2.24) is 10.6 Å². The lowest BCUT2D eigenvalue weighted by atomic mass is 9.99. The van der Waals surface area contributed by atoms with Crippen LogP contribution in [-0.4, -0.2) is 24.5 Å². The van der Waals surface area contributed by atoms with Gasteiger partial charge in [0.2, 0.25) is 0 Å². The van der Waals surface area contributed by atoms with Crippen molar-refractivity contribution in [1.29, 1.82) is 0 Å². The molecule has 5 heteroatoms. The monoisotopic (exact) mass is 378 g/mol. The average Bonchev–Trinajstić information content (AvgIpc) is 2.35. The van der Waals surface area contributed by atoms with Crippen LogP contribution in [0.2, 0.25) is 5.02 Å². The Hall–Kier alpha value is -0.330. The van der Waals surface area contributed by atoms with Gasteiger partial charge in [-0.2, -0.15) is 0 Å². The van der Waals surface area contributed by atoms with Gasteiger partial charge in [-0.1, -0.05) is 11.6 Å². The lowest BCUT2D eigenvalue weighted by Crippen LogP contribution is -2.51. The van der Waals surface area contributed by atoms with Crippen molar-refractivity contribution in [3.8, 4) is 0 Å². The zero-order chi connectivity index (χ0) is 13.1. The predicted octanol–water partition coefficient (Wildman–Crippen LogP) is 2.81. The van der Waals surface area contributed by atoms with Crippen LogP contribution in [0.5, 0.6) is 0 Å². The van der Waals surface area contributed by atoms with E-state index in [1.807, 2.05) is 6.07 Å². The zero-order valence-corrected chi connectivity index (χ0v) is 13.1. The Morgan fingerprint density at radius 1 is 1.56 bits per heavy atom. The third-order valence-electron chi connectivity index (χ3n) is 3.26. The highest BCUT2D eigenvalue weighted by atomic mass is 127. The van der Waals surface area contributed by atoms with Gasteiger partial charge < -0.3 is 10.6 Å². The van der Waals surface area contributed by atoms with Crippen LogP contribution in [0.3, 0.4) is 0 Å². The molecule has 1 aliphatic rings. The molecular formula is C13H16ClIN2O. The maximum absolute atomic E-state index is 12.1. The molecule has 1 fully saturated rings. The quantitative estimate of drug-likeness (QED) is 0.777. The lowest BCUT2D eigenvalue weighted by molar-refractivity contribution is 0.0920. The highest BCUT2D eigenvalue weighted by Crippen LogP contribution is 2.19. The first-order valence-electron chi connectivity index (χ1n) is 6.07. The average molecular weight is 379 g/mol. The fraction of sp³-hybridized carbons (Fsp3) is 0.462. The van der Waals surface area contributed by atoms with Gasteiger partial charge >= 0.3 is 0 Å². The molecule has 0 radical (unpaired) electrons. The Kier molecular flexibility index (Phi) is 4.86. The molecule has 98 valence electrons. The number of carbonyl (C=O) groups is 1. The number of carbonyl (C=O) groups excluding carboxylic acids is 1. The Balaban J connectivity index is 2.04. The number of hydrogen-bond donors (Lipinski definition) is 2. The van der Waals surface area contributed by atoms with E-state index in [2.05, 4.69) is 40.1 Å². The SMILES string of the molecule is CC1NCCCC1NC(=O)c1ccc(Cl)c(I)c1. The van der Waals surface area contributed by atoms with Crippen LogP contribution < -0.4 is 10.6 Å². The molecule has 0 aromatic heterocycles. The standard InChI is InChI=1S/C13H16ClIN2O/c1-8-12(3-2-6-16-8)17-13(18)9-4-5-10(14)11(15)7-9/h4-5,7-8,12,16H,2-3,6H2,1H3,(H,17,18). The Morgan fingerprint density at radius 2 is 2.33 bits per heavy atom. The minimum Gasteiger partial charge on any atom is -0.348 e.